The summed E-state index contributed by atoms with van der Waals surface area (Å²) in [5, 5.41) is 5.81. The number of aromatic nitrogens is 4. The summed E-state index contributed by atoms with van der Waals surface area (Å²) in [6, 6.07) is 6.04. The number of carbonyl (C=O) groups is 1. The number of hydrogen-bond acceptors (Lipinski definition) is 6. The number of ether oxygens (including phenoxy) is 1. The number of amides is 1. The van der Waals surface area contributed by atoms with Crippen LogP contribution in [0.3, 0.4) is 0 Å². The van der Waals surface area contributed by atoms with E-state index in [4.69, 9.17) is 4.74 Å². The molecule has 2 aromatic heterocycles. The molecule has 1 aliphatic heterocycles. The maximum atomic E-state index is 13.2. The van der Waals surface area contributed by atoms with Crippen LogP contribution in [-0.2, 0) is 9.53 Å². The lowest BCUT2D eigenvalue weighted by molar-refractivity contribution is -0.140. The molecule has 4 rings (SSSR count). The topological polar surface area (TPSA) is 73.1 Å². The third-order valence-electron chi connectivity index (χ3n) is 4.51. The Labute approximate surface area is 165 Å². The highest BCUT2D eigenvalue weighted by atomic mass is 32.2. The molecule has 1 aromatic carbocycles. The fraction of sp³-hybridized carbons (Fsp3) is 0.368. The number of hydrogen-bond donors (Lipinski definition) is 0. The quantitative estimate of drug-likeness (QED) is 0.494. The van der Waals surface area contributed by atoms with Crippen molar-refractivity contribution >= 4 is 28.7 Å². The smallest absolute Gasteiger partial charge is 0.233 e. The van der Waals surface area contributed by atoms with Crippen molar-refractivity contribution in [1.82, 2.24) is 24.6 Å². The third-order valence-corrected chi connectivity index (χ3v) is 5.50. The van der Waals surface area contributed by atoms with E-state index in [1.165, 1.54) is 30.2 Å². The van der Waals surface area contributed by atoms with Gasteiger partial charge in [-0.2, -0.15) is 5.10 Å². The first-order chi connectivity index (χ1) is 13.5. The zero-order valence-electron chi connectivity index (χ0n) is 15.6. The number of thioether (sulfide) groups is 1. The van der Waals surface area contributed by atoms with Gasteiger partial charge >= 0.3 is 0 Å². The Bertz CT molecular complexity index is 984. The number of benzene rings is 1. The lowest BCUT2D eigenvalue weighted by Crippen LogP contribution is -2.48. The summed E-state index contributed by atoms with van der Waals surface area (Å²) in [5.41, 5.74) is 1.32. The number of halogens is 1. The van der Waals surface area contributed by atoms with E-state index in [0.717, 1.165) is 5.39 Å². The molecule has 3 heterocycles. The van der Waals surface area contributed by atoms with Crippen LogP contribution in [0.4, 0.5) is 4.39 Å². The lowest BCUT2D eigenvalue weighted by Gasteiger charge is -2.35. The van der Waals surface area contributed by atoms with Crippen molar-refractivity contribution < 1.29 is 13.9 Å². The van der Waals surface area contributed by atoms with E-state index in [1.807, 2.05) is 18.7 Å². The predicted molar refractivity (Wildman–Crippen MR) is 104 cm³/mol. The summed E-state index contributed by atoms with van der Waals surface area (Å²) in [7, 11) is 0. The van der Waals surface area contributed by atoms with Crippen LogP contribution in [0, 0.1) is 5.82 Å². The van der Waals surface area contributed by atoms with Gasteiger partial charge in [-0.3, -0.25) is 4.79 Å². The molecule has 0 bridgehead atoms. The van der Waals surface area contributed by atoms with Crippen molar-refractivity contribution in [3.8, 4) is 5.69 Å². The zero-order chi connectivity index (χ0) is 19.7. The molecule has 9 heteroatoms. The average Bonchev–Trinajstić information content (AvgIpc) is 3.10. The van der Waals surface area contributed by atoms with Gasteiger partial charge in [0.05, 0.1) is 35.2 Å². The van der Waals surface area contributed by atoms with Crippen LogP contribution in [0.25, 0.3) is 16.7 Å². The molecule has 1 fully saturated rings. The van der Waals surface area contributed by atoms with Gasteiger partial charge in [0.2, 0.25) is 5.91 Å². The van der Waals surface area contributed by atoms with E-state index in [-0.39, 0.29) is 29.7 Å². The van der Waals surface area contributed by atoms with E-state index in [2.05, 4.69) is 15.1 Å². The number of fused-ring (bicyclic) bond motifs is 1. The molecule has 0 spiro atoms. The van der Waals surface area contributed by atoms with Gasteiger partial charge in [-0.25, -0.2) is 19.0 Å². The molecule has 0 aliphatic carbocycles. The Hall–Kier alpha value is -2.52. The molecule has 0 unspecified atom stereocenters. The number of nitrogens with zero attached hydrogens (tertiary/aromatic N) is 5. The molecule has 1 saturated heterocycles. The first-order valence-corrected chi connectivity index (χ1v) is 10.0. The van der Waals surface area contributed by atoms with Crippen LogP contribution >= 0.6 is 11.8 Å². The van der Waals surface area contributed by atoms with E-state index < -0.39 is 0 Å². The minimum Gasteiger partial charge on any atom is -0.372 e. The van der Waals surface area contributed by atoms with Gasteiger partial charge in [-0.1, -0.05) is 11.8 Å². The Morgan fingerprint density at radius 2 is 1.93 bits per heavy atom. The number of rotatable bonds is 4. The summed E-state index contributed by atoms with van der Waals surface area (Å²) < 4.78 is 20.5. The molecule has 1 amide bonds. The maximum absolute atomic E-state index is 13.2. The second-order valence-corrected chi connectivity index (χ2v) is 7.76. The largest absolute Gasteiger partial charge is 0.372 e. The van der Waals surface area contributed by atoms with Gasteiger partial charge in [0.1, 0.15) is 17.2 Å². The van der Waals surface area contributed by atoms with E-state index in [9.17, 15) is 9.18 Å². The van der Waals surface area contributed by atoms with Crippen LogP contribution in [-0.4, -0.2) is 61.6 Å². The second-order valence-electron chi connectivity index (χ2n) is 6.79. The standard InChI is InChI=1S/C19H20FN5O2S/c1-12-8-24(9-13(2)27-12)17(26)10-28-19-16-7-23-25(18(16)21-11-22-19)15-5-3-14(20)4-6-15/h3-7,11-13H,8-10H2,1-2H3/t12-,13-/m0/s1. The second kappa shape index (κ2) is 7.84. The van der Waals surface area contributed by atoms with Gasteiger partial charge in [-0.05, 0) is 38.1 Å². The average molecular weight is 401 g/mol. The number of morpholine rings is 1. The van der Waals surface area contributed by atoms with Crippen LogP contribution in [0.5, 0.6) is 0 Å². The number of carbonyl (C=O) groups excluding carboxylic acids is 1. The third kappa shape index (κ3) is 3.85. The SMILES string of the molecule is C[C@H]1CN(C(=O)CSc2ncnc3c2cnn3-c2ccc(F)cc2)C[C@H](C)O1. The van der Waals surface area contributed by atoms with Crippen molar-refractivity contribution in [2.24, 2.45) is 0 Å². The highest BCUT2D eigenvalue weighted by molar-refractivity contribution is 8.00. The minimum atomic E-state index is -0.309. The van der Waals surface area contributed by atoms with Crippen molar-refractivity contribution in [3.05, 3.63) is 42.6 Å². The van der Waals surface area contributed by atoms with E-state index in [1.54, 1.807) is 23.0 Å². The summed E-state index contributed by atoms with van der Waals surface area (Å²) in [4.78, 5) is 23.1. The molecule has 0 N–H and O–H groups in total. The molecular weight excluding hydrogens is 381 g/mol. The van der Waals surface area contributed by atoms with Gasteiger partial charge in [0, 0.05) is 13.1 Å². The molecule has 3 aromatic rings. The zero-order valence-corrected chi connectivity index (χ0v) is 16.4. The first-order valence-electron chi connectivity index (χ1n) is 9.02. The van der Waals surface area contributed by atoms with Crippen molar-refractivity contribution in [2.75, 3.05) is 18.8 Å². The Morgan fingerprint density at radius 1 is 1.21 bits per heavy atom. The summed E-state index contributed by atoms with van der Waals surface area (Å²) >= 11 is 1.37. The Morgan fingerprint density at radius 3 is 2.64 bits per heavy atom. The summed E-state index contributed by atoms with van der Waals surface area (Å²) in [6.07, 6.45) is 3.20. The van der Waals surface area contributed by atoms with Crippen molar-refractivity contribution in [1.29, 1.82) is 0 Å². The molecular formula is C19H20FN5O2S. The van der Waals surface area contributed by atoms with Gasteiger partial charge in [0.25, 0.3) is 0 Å². The fourth-order valence-electron chi connectivity index (χ4n) is 3.31. The van der Waals surface area contributed by atoms with E-state index >= 15 is 0 Å². The molecule has 7 nitrogen and oxygen atoms in total. The molecule has 146 valence electrons. The molecule has 0 radical (unpaired) electrons. The fourth-order valence-corrected chi connectivity index (χ4v) is 4.18. The molecule has 0 saturated carbocycles. The molecule has 2 atom stereocenters. The van der Waals surface area contributed by atoms with Gasteiger partial charge < -0.3 is 9.64 Å². The van der Waals surface area contributed by atoms with E-state index in [0.29, 0.717) is 29.5 Å². The van der Waals surface area contributed by atoms with Crippen LogP contribution in [0.15, 0.2) is 41.8 Å². The van der Waals surface area contributed by atoms with Gasteiger partial charge in [-0.15, -0.1) is 0 Å². The van der Waals surface area contributed by atoms with Crippen molar-refractivity contribution in [3.63, 3.8) is 0 Å². The normalized spacial score (nSPS) is 19.9. The molecule has 28 heavy (non-hydrogen) atoms. The maximum Gasteiger partial charge on any atom is 0.233 e. The Kier molecular flexibility index (Phi) is 5.27. The highest BCUT2D eigenvalue weighted by Gasteiger charge is 2.26. The minimum absolute atomic E-state index is 0.0393. The van der Waals surface area contributed by atoms with Crippen LogP contribution in [0.2, 0.25) is 0 Å². The lowest BCUT2D eigenvalue weighted by atomic mass is 10.2. The Balaban J connectivity index is 1.52. The predicted octanol–water partition coefficient (Wildman–Crippen LogP) is 2.68. The first kappa shape index (κ1) is 18.8. The highest BCUT2D eigenvalue weighted by Crippen LogP contribution is 2.26. The van der Waals surface area contributed by atoms with Gasteiger partial charge in [0.15, 0.2) is 5.65 Å². The monoisotopic (exact) mass is 401 g/mol. The summed E-state index contributed by atoms with van der Waals surface area (Å²) in [5.74, 6) is 0.0360. The van der Waals surface area contributed by atoms with Crippen LogP contribution < -0.4 is 0 Å². The van der Waals surface area contributed by atoms with Crippen molar-refractivity contribution in [2.45, 2.75) is 31.1 Å². The summed E-state index contributed by atoms with van der Waals surface area (Å²) in [6.45, 7) is 5.15. The molecule has 1 aliphatic rings. The van der Waals surface area contributed by atoms with Crippen LogP contribution in [0.1, 0.15) is 13.8 Å².